The molecule has 254 valence electrons. The lowest BCUT2D eigenvalue weighted by Crippen LogP contribution is -2.36. The molecule has 1 saturated heterocycles. The van der Waals surface area contributed by atoms with Gasteiger partial charge in [-0.05, 0) is 42.6 Å². The number of aldehydes is 1. The second-order valence-corrected chi connectivity index (χ2v) is 10.4. The van der Waals surface area contributed by atoms with Crippen LogP contribution >= 0.6 is 0 Å². The van der Waals surface area contributed by atoms with Gasteiger partial charge in [0.05, 0.1) is 26.0 Å². The first-order valence-electron chi connectivity index (χ1n) is 13.7. The van der Waals surface area contributed by atoms with Gasteiger partial charge in [-0.25, -0.2) is 13.2 Å². The number of halogens is 5. The molecule has 0 saturated carbocycles. The number of methoxy groups -OCH3 is 1. The number of rotatable bonds is 11. The van der Waals surface area contributed by atoms with E-state index in [1.165, 1.54) is 49.4 Å². The number of aliphatic hydroxyl groups is 3. The van der Waals surface area contributed by atoms with Crippen molar-refractivity contribution in [2.75, 3.05) is 47.5 Å². The zero-order valence-corrected chi connectivity index (χ0v) is 25.7. The fourth-order valence-corrected chi connectivity index (χ4v) is 4.25. The first-order chi connectivity index (χ1) is 21.6. The molecule has 0 spiro atoms. The summed E-state index contributed by atoms with van der Waals surface area (Å²) in [6.07, 6.45) is 5.00. The van der Waals surface area contributed by atoms with Crippen molar-refractivity contribution >= 4 is 18.1 Å². The molecule has 46 heavy (non-hydrogen) atoms. The van der Waals surface area contributed by atoms with E-state index in [1.807, 2.05) is 0 Å². The summed E-state index contributed by atoms with van der Waals surface area (Å²) in [5.74, 6) is -3.24. The number of nitrogens with one attached hydrogen (secondary N) is 1. The predicted molar refractivity (Wildman–Crippen MR) is 158 cm³/mol. The Morgan fingerprint density at radius 2 is 1.70 bits per heavy atom. The van der Waals surface area contributed by atoms with Crippen molar-refractivity contribution in [1.29, 1.82) is 0 Å². The van der Waals surface area contributed by atoms with Crippen molar-refractivity contribution in [1.82, 2.24) is 15.1 Å². The number of nitrogens with zero attached hydrogens (tertiary/aromatic N) is 2. The average Bonchev–Trinajstić information content (AvgIpc) is 3.39. The molecule has 0 bridgehead atoms. The molecule has 1 aliphatic rings. The number of likely N-dealkylation sites (tertiary alicyclic amines) is 1. The Morgan fingerprint density at radius 1 is 1.15 bits per heavy atom. The topological polar surface area (TPSA) is 140 Å². The van der Waals surface area contributed by atoms with Gasteiger partial charge in [0.25, 0.3) is 5.91 Å². The van der Waals surface area contributed by atoms with Crippen LogP contribution in [0.2, 0.25) is 0 Å². The number of aliphatic hydroxyl groups excluding tert-OH is 3. The van der Waals surface area contributed by atoms with Crippen LogP contribution < -0.4 is 10.1 Å². The van der Waals surface area contributed by atoms with Gasteiger partial charge in [-0.2, -0.15) is 8.78 Å². The summed E-state index contributed by atoms with van der Waals surface area (Å²) in [4.78, 5) is 37.8. The fourth-order valence-electron chi connectivity index (χ4n) is 4.25. The van der Waals surface area contributed by atoms with Gasteiger partial charge in [0.1, 0.15) is 23.2 Å². The molecule has 1 atom stereocenters. The number of amides is 2. The molecule has 2 aromatic carbocycles. The molecule has 1 unspecified atom stereocenters. The summed E-state index contributed by atoms with van der Waals surface area (Å²) < 4.78 is 65.7. The van der Waals surface area contributed by atoms with E-state index >= 15 is 0 Å². The SMILES string of the molecule is CNC(=O)c1ccc(F)cc1.COc1cc(F)c(C2CC(=O)N(/C(C=O)=C/C=C\N(C)CC(C)(CO)CO)C2)c(F)c1.OC(F)F. The normalized spacial score (nSPS) is 14.8. The molecule has 1 heterocycles. The highest BCUT2D eigenvalue weighted by atomic mass is 19.3. The maximum atomic E-state index is 14.4. The Balaban J connectivity index is 0.000000579. The van der Waals surface area contributed by atoms with E-state index in [9.17, 15) is 46.5 Å². The highest BCUT2D eigenvalue weighted by Crippen LogP contribution is 2.35. The smallest absolute Gasteiger partial charge is 0.342 e. The Labute approximate surface area is 263 Å². The third-order valence-electron chi connectivity index (χ3n) is 6.59. The van der Waals surface area contributed by atoms with Gasteiger partial charge in [0, 0.05) is 68.2 Å². The van der Waals surface area contributed by atoms with Crippen LogP contribution in [0.5, 0.6) is 5.75 Å². The molecule has 1 aliphatic heterocycles. The van der Waals surface area contributed by atoms with Gasteiger partial charge < -0.3 is 35.2 Å². The number of carbonyl (C=O) groups is 3. The average molecular weight is 660 g/mol. The Bertz CT molecular complexity index is 1330. The monoisotopic (exact) mass is 659 g/mol. The van der Waals surface area contributed by atoms with E-state index in [0.717, 1.165) is 12.1 Å². The minimum Gasteiger partial charge on any atom is -0.497 e. The van der Waals surface area contributed by atoms with Crippen molar-refractivity contribution in [3.05, 3.63) is 89.0 Å². The van der Waals surface area contributed by atoms with Gasteiger partial charge in [-0.15, -0.1) is 0 Å². The molecule has 3 rings (SSSR count). The maximum absolute atomic E-state index is 14.4. The number of ether oxygens (including phenoxy) is 1. The van der Waals surface area contributed by atoms with Crippen LogP contribution in [-0.2, 0) is 9.59 Å². The van der Waals surface area contributed by atoms with Crippen LogP contribution in [0.4, 0.5) is 22.0 Å². The summed E-state index contributed by atoms with van der Waals surface area (Å²) >= 11 is 0. The second kappa shape index (κ2) is 19.2. The third-order valence-corrected chi connectivity index (χ3v) is 6.59. The number of benzene rings is 2. The molecule has 0 radical (unpaired) electrons. The largest absolute Gasteiger partial charge is 0.497 e. The van der Waals surface area contributed by atoms with Crippen molar-refractivity contribution < 1.29 is 56.4 Å². The molecule has 0 aliphatic carbocycles. The standard InChI is InChI=1S/C22H28F2N2O5.C8H8FNO.CH2F2O/c1-22(13-28,14-29)12-25(2)6-4-5-16(11-27)26-10-15(7-20(26)30)21-18(23)8-17(31-3)9-19(21)24;1-10-8(11)6-2-4-7(9)5-3-6;2-1(3)4/h4-6,8-9,11,15,28-29H,7,10,12-14H2,1-3H3;2-5H,1H3,(H,10,11);1,4H/b6-4-,16-5+;;. The van der Waals surface area contributed by atoms with E-state index in [1.54, 1.807) is 31.1 Å². The summed E-state index contributed by atoms with van der Waals surface area (Å²) in [7, 11) is 4.57. The van der Waals surface area contributed by atoms with Crippen molar-refractivity contribution in [2.24, 2.45) is 5.41 Å². The highest BCUT2D eigenvalue weighted by molar-refractivity contribution is 5.93. The summed E-state index contributed by atoms with van der Waals surface area (Å²) in [5, 5.41) is 27.9. The van der Waals surface area contributed by atoms with Crippen LogP contribution in [0, 0.1) is 22.9 Å². The molecular weight excluding hydrogens is 621 g/mol. The van der Waals surface area contributed by atoms with Crippen LogP contribution in [0.25, 0.3) is 0 Å². The van der Waals surface area contributed by atoms with Crippen LogP contribution in [0.3, 0.4) is 0 Å². The van der Waals surface area contributed by atoms with E-state index in [-0.39, 0.29) is 54.9 Å². The Morgan fingerprint density at radius 3 is 2.15 bits per heavy atom. The van der Waals surface area contributed by atoms with Gasteiger partial charge in [0.15, 0.2) is 6.29 Å². The molecule has 2 amide bonds. The first-order valence-corrected chi connectivity index (χ1v) is 13.7. The lowest BCUT2D eigenvalue weighted by atomic mass is 9.92. The fraction of sp³-hybridized carbons (Fsp3) is 0.387. The molecule has 4 N–H and O–H groups in total. The highest BCUT2D eigenvalue weighted by Gasteiger charge is 2.35. The quantitative estimate of drug-likeness (QED) is 0.125. The van der Waals surface area contributed by atoms with Crippen molar-refractivity contribution in [3.8, 4) is 5.75 Å². The molecular formula is C31H38F5N3O7. The Hall–Kier alpha value is -4.34. The number of carbonyl (C=O) groups excluding carboxylic acids is 3. The van der Waals surface area contributed by atoms with E-state index in [4.69, 9.17) is 9.84 Å². The van der Waals surface area contributed by atoms with Crippen molar-refractivity contribution in [2.45, 2.75) is 25.9 Å². The zero-order chi connectivity index (χ0) is 35.0. The van der Waals surface area contributed by atoms with E-state index in [0.29, 0.717) is 18.4 Å². The van der Waals surface area contributed by atoms with Crippen LogP contribution in [0.15, 0.2) is 60.4 Å². The summed E-state index contributed by atoms with van der Waals surface area (Å²) in [6.45, 7) is -1.50. The zero-order valence-electron chi connectivity index (χ0n) is 25.7. The Kier molecular flexibility index (Phi) is 16.6. The summed E-state index contributed by atoms with van der Waals surface area (Å²) in [5.41, 5.74) is -0.363. The van der Waals surface area contributed by atoms with Gasteiger partial charge >= 0.3 is 6.61 Å². The van der Waals surface area contributed by atoms with Gasteiger partial charge in [-0.1, -0.05) is 6.92 Å². The third kappa shape index (κ3) is 12.6. The van der Waals surface area contributed by atoms with Gasteiger partial charge in [0.2, 0.25) is 5.91 Å². The number of hydrogen-bond donors (Lipinski definition) is 4. The lowest BCUT2D eigenvalue weighted by molar-refractivity contribution is -0.127. The molecule has 10 nitrogen and oxygen atoms in total. The van der Waals surface area contributed by atoms with Gasteiger partial charge in [-0.3, -0.25) is 14.4 Å². The predicted octanol–water partition coefficient (Wildman–Crippen LogP) is 3.20. The minimum atomic E-state index is -3.17. The molecule has 1 fully saturated rings. The van der Waals surface area contributed by atoms with Crippen LogP contribution in [0.1, 0.15) is 35.2 Å². The number of alkyl halides is 2. The second-order valence-electron chi connectivity index (χ2n) is 10.4. The molecule has 15 heteroatoms. The number of allylic oxidation sites excluding steroid dienone is 3. The van der Waals surface area contributed by atoms with E-state index < -0.39 is 35.5 Å². The number of hydrogen-bond acceptors (Lipinski definition) is 8. The molecule has 0 aromatic heterocycles. The van der Waals surface area contributed by atoms with E-state index in [2.05, 4.69) is 5.32 Å². The van der Waals surface area contributed by atoms with Crippen LogP contribution in [-0.4, -0.2) is 97.3 Å². The minimum absolute atomic E-state index is 0.0274. The lowest BCUT2D eigenvalue weighted by Gasteiger charge is -2.29. The molecule has 2 aromatic rings. The maximum Gasteiger partial charge on any atom is 0.342 e. The summed E-state index contributed by atoms with van der Waals surface area (Å²) in [6, 6.07) is 7.51. The first kappa shape index (κ1) is 39.7. The van der Waals surface area contributed by atoms with Crippen molar-refractivity contribution in [3.63, 3.8) is 0 Å².